The number of hydrogen-bond donors (Lipinski definition) is 2. The van der Waals surface area contributed by atoms with Gasteiger partial charge in [-0.15, -0.1) is 0 Å². The second-order valence-corrected chi connectivity index (χ2v) is 4.32. The maximum atomic E-state index is 10.0. The lowest BCUT2D eigenvalue weighted by Gasteiger charge is -2.30. The van der Waals surface area contributed by atoms with Crippen molar-refractivity contribution >= 4 is 0 Å². The maximum Gasteiger partial charge on any atom is 0.127 e. The highest BCUT2D eigenvalue weighted by atomic mass is 16.5. The zero-order valence-corrected chi connectivity index (χ0v) is 11.4. The molecule has 0 aromatic heterocycles. The zero-order chi connectivity index (χ0) is 13.7. The smallest absolute Gasteiger partial charge is 0.127 e. The van der Waals surface area contributed by atoms with Gasteiger partial charge in [-0.25, -0.2) is 0 Å². The number of hydrogen-bond acceptors (Lipinski definition) is 5. The highest BCUT2D eigenvalue weighted by Gasteiger charge is 2.25. The van der Waals surface area contributed by atoms with Gasteiger partial charge in [-0.3, -0.25) is 4.90 Å². The van der Waals surface area contributed by atoms with E-state index in [0.29, 0.717) is 5.75 Å². The first-order valence-corrected chi connectivity index (χ1v) is 5.81. The number of ether oxygens (including phenoxy) is 2. The minimum absolute atomic E-state index is 0.192. The maximum absolute atomic E-state index is 10.0. The van der Waals surface area contributed by atoms with E-state index in [1.165, 1.54) is 0 Å². The molecule has 0 saturated carbocycles. The fourth-order valence-corrected chi connectivity index (χ4v) is 2.02. The van der Waals surface area contributed by atoms with Gasteiger partial charge in [-0.1, -0.05) is 0 Å². The van der Waals surface area contributed by atoms with Crippen LogP contribution in [0.5, 0.6) is 11.5 Å². The number of benzene rings is 1. The second-order valence-electron chi connectivity index (χ2n) is 4.32. The van der Waals surface area contributed by atoms with E-state index >= 15 is 0 Å². The molecule has 0 saturated heterocycles. The standard InChI is InChI=1S/C13H22N2O3/c1-15(2)13(11(16)8-14)10-6-5-9(17-3)7-12(10)18-4/h5-7,11,13,16H,8,14H2,1-4H3. The van der Waals surface area contributed by atoms with Crippen molar-refractivity contribution in [2.24, 2.45) is 5.73 Å². The number of rotatable bonds is 6. The molecule has 0 amide bonds. The van der Waals surface area contributed by atoms with Crippen molar-refractivity contribution in [3.05, 3.63) is 23.8 Å². The van der Waals surface area contributed by atoms with Gasteiger partial charge < -0.3 is 20.3 Å². The van der Waals surface area contributed by atoms with Crippen molar-refractivity contribution in [2.45, 2.75) is 12.1 Å². The normalized spacial score (nSPS) is 14.4. The lowest BCUT2D eigenvalue weighted by molar-refractivity contribution is 0.0807. The number of aliphatic hydroxyl groups excluding tert-OH is 1. The molecular weight excluding hydrogens is 232 g/mol. The molecule has 2 atom stereocenters. The summed E-state index contributed by atoms with van der Waals surface area (Å²) < 4.78 is 10.5. The Hall–Kier alpha value is -1.30. The van der Waals surface area contributed by atoms with Crippen LogP contribution in [0.15, 0.2) is 18.2 Å². The summed E-state index contributed by atoms with van der Waals surface area (Å²) in [7, 11) is 6.99. The summed E-state index contributed by atoms with van der Waals surface area (Å²) in [5.74, 6) is 1.40. The Bertz CT molecular complexity index is 382. The topological polar surface area (TPSA) is 68.0 Å². The molecule has 5 nitrogen and oxygen atoms in total. The van der Waals surface area contributed by atoms with Crippen molar-refractivity contribution in [1.82, 2.24) is 4.90 Å². The summed E-state index contributed by atoms with van der Waals surface area (Å²) in [5.41, 5.74) is 6.44. The molecule has 0 aliphatic carbocycles. The van der Waals surface area contributed by atoms with Crippen molar-refractivity contribution in [3.8, 4) is 11.5 Å². The predicted molar refractivity (Wildman–Crippen MR) is 71.0 cm³/mol. The van der Waals surface area contributed by atoms with Crippen LogP contribution in [0.25, 0.3) is 0 Å². The summed E-state index contributed by atoms with van der Waals surface area (Å²) in [4.78, 5) is 1.92. The molecule has 0 fully saturated rings. The van der Waals surface area contributed by atoms with Gasteiger partial charge in [0, 0.05) is 18.2 Å². The third-order valence-electron chi connectivity index (χ3n) is 2.92. The van der Waals surface area contributed by atoms with E-state index in [1.54, 1.807) is 20.3 Å². The lowest BCUT2D eigenvalue weighted by Crippen LogP contribution is -2.36. The first-order chi connectivity index (χ1) is 8.54. The molecule has 1 aromatic rings. The SMILES string of the molecule is COc1ccc(C(C(O)CN)N(C)C)c(OC)c1. The minimum atomic E-state index is -0.651. The summed E-state index contributed by atoms with van der Waals surface area (Å²) >= 11 is 0. The molecule has 1 aromatic carbocycles. The minimum Gasteiger partial charge on any atom is -0.497 e. The highest BCUT2D eigenvalue weighted by molar-refractivity contribution is 5.43. The summed E-state index contributed by atoms with van der Waals surface area (Å²) in [5, 5.41) is 10.0. The van der Waals surface area contributed by atoms with Gasteiger partial charge >= 0.3 is 0 Å². The van der Waals surface area contributed by atoms with Crippen LogP contribution >= 0.6 is 0 Å². The second kappa shape index (κ2) is 6.58. The third-order valence-corrected chi connectivity index (χ3v) is 2.92. The quantitative estimate of drug-likeness (QED) is 0.779. The number of likely N-dealkylation sites (N-methyl/N-ethyl adjacent to an activating group) is 1. The van der Waals surface area contributed by atoms with Crippen LogP contribution < -0.4 is 15.2 Å². The third kappa shape index (κ3) is 3.13. The summed E-state index contributed by atoms with van der Waals surface area (Å²) in [6.07, 6.45) is -0.651. The molecule has 0 spiro atoms. The van der Waals surface area contributed by atoms with Crippen molar-refractivity contribution in [2.75, 3.05) is 34.9 Å². The van der Waals surface area contributed by atoms with E-state index in [4.69, 9.17) is 15.2 Å². The number of nitrogens with zero attached hydrogens (tertiary/aromatic N) is 1. The van der Waals surface area contributed by atoms with Gasteiger partial charge in [0.1, 0.15) is 11.5 Å². The van der Waals surface area contributed by atoms with Gasteiger partial charge in [0.25, 0.3) is 0 Å². The van der Waals surface area contributed by atoms with Gasteiger partial charge in [0.15, 0.2) is 0 Å². The average molecular weight is 254 g/mol. The number of nitrogens with two attached hydrogens (primary N) is 1. The van der Waals surface area contributed by atoms with Gasteiger partial charge in [0.2, 0.25) is 0 Å². The van der Waals surface area contributed by atoms with Gasteiger partial charge in [-0.05, 0) is 26.2 Å². The molecule has 0 radical (unpaired) electrons. The molecule has 2 unspecified atom stereocenters. The van der Waals surface area contributed by atoms with Crippen LogP contribution in [0.3, 0.4) is 0 Å². The van der Waals surface area contributed by atoms with Crippen molar-refractivity contribution in [3.63, 3.8) is 0 Å². The van der Waals surface area contributed by atoms with E-state index in [0.717, 1.165) is 11.3 Å². The molecule has 5 heteroatoms. The van der Waals surface area contributed by atoms with Crippen LogP contribution in [-0.2, 0) is 0 Å². The predicted octanol–water partition coefficient (Wildman–Crippen LogP) is 0.626. The Morgan fingerprint density at radius 3 is 2.39 bits per heavy atom. The van der Waals surface area contributed by atoms with Crippen LogP contribution in [0, 0.1) is 0 Å². The van der Waals surface area contributed by atoms with E-state index in [2.05, 4.69) is 0 Å². The molecule has 102 valence electrons. The van der Waals surface area contributed by atoms with E-state index < -0.39 is 6.10 Å². The van der Waals surface area contributed by atoms with E-state index in [1.807, 2.05) is 31.1 Å². The Labute approximate surface area is 108 Å². The van der Waals surface area contributed by atoms with E-state index in [-0.39, 0.29) is 12.6 Å². The van der Waals surface area contributed by atoms with E-state index in [9.17, 15) is 5.11 Å². The molecule has 0 heterocycles. The fraction of sp³-hybridized carbons (Fsp3) is 0.538. The van der Waals surface area contributed by atoms with Gasteiger partial charge in [-0.2, -0.15) is 0 Å². The average Bonchev–Trinajstić information content (AvgIpc) is 2.38. The summed E-state index contributed by atoms with van der Waals surface area (Å²) in [6, 6.07) is 5.32. The fourth-order valence-electron chi connectivity index (χ4n) is 2.02. The van der Waals surface area contributed by atoms with Crippen LogP contribution in [-0.4, -0.2) is 51.0 Å². The Morgan fingerprint density at radius 1 is 1.28 bits per heavy atom. The molecule has 0 aliphatic heterocycles. The molecule has 18 heavy (non-hydrogen) atoms. The van der Waals surface area contributed by atoms with Crippen LogP contribution in [0.2, 0.25) is 0 Å². The van der Waals surface area contributed by atoms with Crippen molar-refractivity contribution < 1.29 is 14.6 Å². The molecule has 0 aliphatic rings. The first kappa shape index (κ1) is 14.8. The highest BCUT2D eigenvalue weighted by Crippen LogP contribution is 2.33. The molecular formula is C13H22N2O3. The monoisotopic (exact) mass is 254 g/mol. The first-order valence-electron chi connectivity index (χ1n) is 5.81. The Kier molecular flexibility index (Phi) is 5.40. The van der Waals surface area contributed by atoms with Crippen LogP contribution in [0.4, 0.5) is 0 Å². The van der Waals surface area contributed by atoms with Gasteiger partial charge in [0.05, 0.1) is 26.4 Å². The zero-order valence-electron chi connectivity index (χ0n) is 11.4. The number of aliphatic hydroxyl groups is 1. The molecule has 3 N–H and O–H groups in total. The van der Waals surface area contributed by atoms with Crippen LogP contribution in [0.1, 0.15) is 11.6 Å². The summed E-state index contributed by atoms with van der Waals surface area (Å²) in [6.45, 7) is 0.192. The lowest BCUT2D eigenvalue weighted by atomic mass is 9.99. The molecule has 0 bridgehead atoms. The molecule has 1 rings (SSSR count). The largest absolute Gasteiger partial charge is 0.497 e. The Balaban J connectivity index is 3.19. The number of methoxy groups -OCH3 is 2. The van der Waals surface area contributed by atoms with Crippen molar-refractivity contribution in [1.29, 1.82) is 0 Å². The Morgan fingerprint density at radius 2 is 1.94 bits per heavy atom.